The highest BCUT2D eigenvalue weighted by Gasteiger charge is 2.51. The maximum atomic E-state index is 12.6. The summed E-state index contributed by atoms with van der Waals surface area (Å²) in [6.07, 6.45) is 2.27. The van der Waals surface area contributed by atoms with Gasteiger partial charge in [0.1, 0.15) is 5.41 Å². The Balaban J connectivity index is 2.15. The first-order chi connectivity index (χ1) is 8.41. The number of amides is 1. The molecule has 0 radical (unpaired) electrons. The van der Waals surface area contributed by atoms with E-state index in [1.807, 2.05) is 13.8 Å². The average Bonchev–Trinajstić information content (AvgIpc) is 2.25. The van der Waals surface area contributed by atoms with Crippen LogP contribution in [0.4, 0.5) is 0 Å². The molecule has 2 aliphatic rings. The van der Waals surface area contributed by atoms with Crippen LogP contribution in [0.25, 0.3) is 0 Å². The Kier molecular flexibility index (Phi) is 3.23. The van der Waals surface area contributed by atoms with E-state index in [0.717, 1.165) is 6.42 Å². The van der Waals surface area contributed by atoms with Crippen LogP contribution in [0.3, 0.4) is 0 Å². The number of hydrogen-bond acceptors (Lipinski definition) is 4. The maximum Gasteiger partial charge on any atom is 0.236 e. The first-order valence-electron chi connectivity index (χ1n) is 6.33. The zero-order valence-electron chi connectivity index (χ0n) is 11.0. The summed E-state index contributed by atoms with van der Waals surface area (Å²) < 4.78 is 5.59. The van der Waals surface area contributed by atoms with Gasteiger partial charge in [-0.3, -0.25) is 4.79 Å². The van der Waals surface area contributed by atoms with Gasteiger partial charge < -0.3 is 20.6 Å². The van der Waals surface area contributed by atoms with Gasteiger partial charge in [0.25, 0.3) is 0 Å². The van der Waals surface area contributed by atoms with Crippen molar-refractivity contribution >= 4 is 11.7 Å². The molecule has 0 atom stereocenters. The predicted octanol–water partition coefficient (Wildman–Crippen LogP) is 0.540. The topological polar surface area (TPSA) is 88.2 Å². The fourth-order valence-corrected chi connectivity index (χ4v) is 2.70. The van der Waals surface area contributed by atoms with Gasteiger partial charge in [0.2, 0.25) is 5.91 Å². The fourth-order valence-electron chi connectivity index (χ4n) is 2.70. The molecule has 6 heteroatoms. The molecule has 2 rings (SSSR count). The maximum absolute atomic E-state index is 12.6. The van der Waals surface area contributed by atoms with Crippen molar-refractivity contribution in [2.24, 2.45) is 16.3 Å². The van der Waals surface area contributed by atoms with E-state index < -0.39 is 5.41 Å². The summed E-state index contributed by atoms with van der Waals surface area (Å²) in [7, 11) is 0. The van der Waals surface area contributed by atoms with Crippen LogP contribution >= 0.6 is 0 Å². The van der Waals surface area contributed by atoms with Crippen LogP contribution in [0, 0.1) is 5.41 Å². The lowest BCUT2D eigenvalue weighted by atomic mass is 9.66. The van der Waals surface area contributed by atoms with E-state index in [1.54, 1.807) is 4.90 Å². The predicted molar refractivity (Wildman–Crippen MR) is 66.3 cm³/mol. The number of hydrogen-bond donors (Lipinski definition) is 2. The van der Waals surface area contributed by atoms with Gasteiger partial charge in [0, 0.05) is 13.1 Å². The van der Waals surface area contributed by atoms with E-state index in [2.05, 4.69) is 5.16 Å². The van der Waals surface area contributed by atoms with Gasteiger partial charge in [0.15, 0.2) is 5.84 Å². The number of morpholine rings is 1. The molecule has 18 heavy (non-hydrogen) atoms. The number of nitrogens with two attached hydrogens (primary N) is 1. The number of carbonyl (C=O) groups is 1. The van der Waals surface area contributed by atoms with Crippen LogP contribution in [0.2, 0.25) is 0 Å². The second kappa shape index (κ2) is 4.42. The van der Waals surface area contributed by atoms with Gasteiger partial charge >= 0.3 is 0 Å². The molecule has 0 spiro atoms. The van der Waals surface area contributed by atoms with Gasteiger partial charge in [-0.2, -0.15) is 0 Å². The Bertz CT molecular complexity index is 375. The Morgan fingerprint density at radius 2 is 2.11 bits per heavy atom. The van der Waals surface area contributed by atoms with Crippen LogP contribution in [0.15, 0.2) is 5.16 Å². The lowest BCUT2D eigenvalue weighted by molar-refractivity contribution is -0.156. The molecule has 1 heterocycles. The SMILES string of the molecule is CC1(C)CN(C(=O)C2(C(N)=NO)CCC2)CCO1. The Morgan fingerprint density at radius 1 is 1.44 bits per heavy atom. The van der Waals surface area contributed by atoms with Crippen molar-refractivity contribution in [3.05, 3.63) is 0 Å². The van der Waals surface area contributed by atoms with Gasteiger partial charge in [-0.25, -0.2) is 0 Å². The molecule has 1 saturated carbocycles. The standard InChI is InChI=1S/C12H21N3O3/c1-11(2)8-15(6-7-18-11)10(16)12(4-3-5-12)9(13)14-17/h17H,3-8H2,1-2H3,(H2,13,14). The molecular weight excluding hydrogens is 234 g/mol. The third-order valence-corrected chi connectivity index (χ3v) is 3.93. The van der Waals surface area contributed by atoms with Crippen LogP contribution < -0.4 is 5.73 Å². The van der Waals surface area contributed by atoms with Crippen LogP contribution in [-0.2, 0) is 9.53 Å². The summed E-state index contributed by atoms with van der Waals surface area (Å²) in [4.78, 5) is 14.4. The molecule has 3 N–H and O–H groups in total. The van der Waals surface area contributed by atoms with Gasteiger partial charge in [0.05, 0.1) is 12.2 Å². The highest BCUT2D eigenvalue weighted by molar-refractivity contribution is 6.07. The van der Waals surface area contributed by atoms with E-state index in [9.17, 15) is 4.79 Å². The lowest BCUT2D eigenvalue weighted by Crippen LogP contribution is -2.60. The lowest BCUT2D eigenvalue weighted by Gasteiger charge is -2.46. The van der Waals surface area contributed by atoms with E-state index >= 15 is 0 Å². The molecule has 1 aliphatic carbocycles. The Labute approximate surface area is 107 Å². The quantitative estimate of drug-likeness (QED) is 0.326. The Hall–Kier alpha value is -1.30. The highest BCUT2D eigenvalue weighted by atomic mass is 16.5. The summed E-state index contributed by atoms with van der Waals surface area (Å²) >= 11 is 0. The van der Waals surface area contributed by atoms with E-state index in [4.69, 9.17) is 15.7 Å². The smallest absolute Gasteiger partial charge is 0.236 e. The zero-order valence-corrected chi connectivity index (χ0v) is 11.0. The van der Waals surface area contributed by atoms with Crippen molar-refractivity contribution in [1.82, 2.24) is 4.90 Å². The Morgan fingerprint density at radius 3 is 2.56 bits per heavy atom. The molecule has 6 nitrogen and oxygen atoms in total. The minimum Gasteiger partial charge on any atom is -0.409 e. The van der Waals surface area contributed by atoms with Crippen molar-refractivity contribution in [3.63, 3.8) is 0 Å². The molecule has 1 amide bonds. The van der Waals surface area contributed by atoms with Crippen molar-refractivity contribution in [3.8, 4) is 0 Å². The summed E-state index contributed by atoms with van der Waals surface area (Å²) in [6.45, 7) is 5.58. The van der Waals surface area contributed by atoms with Crippen LogP contribution in [0.1, 0.15) is 33.1 Å². The number of rotatable bonds is 2. The number of carbonyl (C=O) groups excluding carboxylic acids is 1. The van der Waals surface area contributed by atoms with E-state index in [0.29, 0.717) is 32.5 Å². The summed E-state index contributed by atoms with van der Waals surface area (Å²) in [5.41, 5.74) is 4.60. The molecular formula is C12H21N3O3. The summed E-state index contributed by atoms with van der Waals surface area (Å²) in [5, 5.41) is 11.9. The summed E-state index contributed by atoms with van der Waals surface area (Å²) in [5.74, 6) is 0.0171. The van der Waals surface area contributed by atoms with Gasteiger partial charge in [-0.15, -0.1) is 0 Å². The van der Waals surface area contributed by atoms with Crippen molar-refractivity contribution in [1.29, 1.82) is 0 Å². The zero-order chi connectivity index (χ0) is 13.4. The molecule has 0 aromatic heterocycles. The van der Waals surface area contributed by atoms with Gasteiger partial charge in [-0.05, 0) is 26.7 Å². The fraction of sp³-hybridized carbons (Fsp3) is 0.833. The van der Waals surface area contributed by atoms with E-state index in [-0.39, 0.29) is 17.3 Å². The molecule has 0 bridgehead atoms. The molecule has 0 aromatic rings. The average molecular weight is 255 g/mol. The number of nitrogens with zero attached hydrogens (tertiary/aromatic N) is 2. The molecule has 0 aromatic carbocycles. The summed E-state index contributed by atoms with van der Waals surface area (Å²) in [6, 6.07) is 0. The first-order valence-corrected chi connectivity index (χ1v) is 6.33. The number of oxime groups is 1. The number of amidine groups is 1. The molecule has 102 valence electrons. The minimum atomic E-state index is -0.776. The highest BCUT2D eigenvalue weighted by Crippen LogP contribution is 2.43. The third kappa shape index (κ3) is 2.05. The molecule has 0 unspecified atom stereocenters. The minimum absolute atomic E-state index is 0.0274. The first kappa shape index (κ1) is 13.1. The third-order valence-electron chi connectivity index (χ3n) is 3.93. The molecule has 2 fully saturated rings. The normalized spacial score (nSPS) is 26.6. The second-order valence-electron chi connectivity index (χ2n) is 5.76. The monoisotopic (exact) mass is 255 g/mol. The van der Waals surface area contributed by atoms with Crippen LogP contribution in [-0.4, -0.2) is 47.1 Å². The van der Waals surface area contributed by atoms with Gasteiger partial charge in [-0.1, -0.05) is 11.6 Å². The molecule has 1 aliphatic heterocycles. The van der Waals surface area contributed by atoms with Crippen molar-refractivity contribution in [2.75, 3.05) is 19.7 Å². The van der Waals surface area contributed by atoms with E-state index in [1.165, 1.54) is 0 Å². The van der Waals surface area contributed by atoms with Crippen molar-refractivity contribution in [2.45, 2.75) is 38.7 Å². The second-order valence-corrected chi connectivity index (χ2v) is 5.76. The van der Waals surface area contributed by atoms with Crippen molar-refractivity contribution < 1.29 is 14.7 Å². The molecule has 1 saturated heterocycles. The van der Waals surface area contributed by atoms with Crippen LogP contribution in [0.5, 0.6) is 0 Å². The number of ether oxygens (including phenoxy) is 1. The largest absolute Gasteiger partial charge is 0.409 e.